The molecule has 0 aliphatic carbocycles. The third-order valence-electron chi connectivity index (χ3n) is 6.27. The molecule has 0 atom stereocenters. The molecule has 4 rings (SSSR count). The van der Waals surface area contributed by atoms with Crippen molar-refractivity contribution in [2.24, 2.45) is 0 Å². The highest BCUT2D eigenvalue weighted by Gasteiger charge is 2.36. The lowest BCUT2D eigenvalue weighted by Gasteiger charge is -2.35. The maximum Gasteiger partial charge on any atom is 0.421 e. The minimum Gasteiger partial charge on any atom is -0.494 e. The average molecular weight is 590 g/mol. The molecule has 1 aliphatic heterocycles. The quantitative estimate of drug-likeness (QED) is 0.302. The van der Waals surface area contributed by atoms with Gasteiger partial charge in [-0.25, -0.2) is 4.98 Å². The summed E-state index contributed by atoms with van der Waals surface area (Å²) in [6.45, 7) is 7.05. The number of ether oxygens (including phenoxy) is 1. The van der Waals surface area contributed by atoms with Gasteiger partial charge in [-0.1, -0.05) is 24.2 Å². The number of carbonyl (C=O) groups excluding carboxylic acids is 2. The van der Waals surface area contributed by atoms with Gasteiger partial charge in [-0.15, -0.1) is 0 Å². The smallest absolute Gasteiger partial charge is 0.421 e. The van der Waals surface area contributed by atoms with E-state index in [-0.39, 0.29) is 28.4 Å². The van der Waals surface area contributed by atoms with Gasteiger partial charge in [-0.2, -0.15) is 18.2 Å². The van der Waals surface area contributed by atoms with Crippen molar-refractivity contribution in [2.45, 2.75) is 13.1 Å². The van der Waals surface area contributed by atoms with E-state index in [9.17, 15) is 22.8 Å². The molecule has 41 heavy (non-hydrogen) atoms. The zero-order valence-electron chi connectivity index (χ0n) is 22.2. The van der Waals surface area contributed by atoms with Crippen LogP contribution < -0.4 is 25.6 Å². The van der Waals surface area contributed by atoms with E-state index in [1.807, 2.05) is 23.1 Å². The van der Waals surface area contributed by atoms with Gasteiger partial charge in [0.25, 0.3) is 5.91 Å². The number of nitrogens with zero attached hydrogens (tertiary/aromatic N) is 4. The fourth-order valence-electron chi connectivity index (χ4n) is 4.04. The molecule has 1 saturated heterocycles. The number of anilines is 6. The zero-order chi connectivity index (χ0) is 29.7. The Kier molecular flexibility index (Phi) is 8.86. The fourth-order valence-corrected chi connectivity index (χ4v) is 4.18. The lowest BCUT2D eigenvalue weighted by molar-refractivity contribution is -0.129. The molecular formula is C27H27ClF3N7O3. The number of piperazine rings is 1. The number of hydrogen-bond donors (Lipinski definition) is 3. The molecule has 3 aromatic rings. The highest BCUT2D eigenvalue weighted by Crippen LogP contribution is 2.33. The van der Waals surface area contributed by atoms with Crippen molar-refractivity contribution in [3.63, 3.8) is 0 Å². The summed E-state index contributed by atoms with van der Waals surface area (Å²) in [5.41, 5.74) is 0.548. The third-order valence-corrected chi connectivity index (χ3v) is 6.54. The van der Waals surface area contributed by atoms with E-state index in [1.54, 1.807) is 20.1 Å². The Balaban J connectivity index is 1.46. The molecule has 0 spiro atoms. The Morgan fingerprint density at radius 1 is 1.05 bits per heavy atom. The average Bonchev–Trinajstić information content (AvgIpc) is 2.94. The van der Waals surface area contributed by atoms with Gasteiger partial charge in [0.15, 0.2) is 5.82 Å². The number of amides is 2. The van der Waals surface area contributed by atoms with E-state index < -0.39 is 17.7 Å². The van der Waals surface area contributed by atoms with Gasteiger partial charge in [0, 0.05) is 56.2 Å². The van der Waals surface area contributed by atoms with Gasteiger partial charge < -0.3 is 30.5 Å². The summed E-state index contributed by atoms with van der Waals surface area (Å²) in [5.74, 6) is -0.339. The molecule has 14 heteroatoms. The summed E-state index contributed by atoms with van der Waals surface area (Å²) in [5, 5.41) is 8.43. The Bertz CT molecular complexity index is 1460. The Hall–Kier alpha value is -4.52. The topological polar surface area (TPSA) is 112 Å². The largest absolute Gasteiger partial charge is 0.494 e. The molecule has 3 N–H and O–H groups in total. The van der Waals surface area contributed by atoms with Crippen molar-refractivity contribution in [3.05, 3.63) is 65.8 Å². The van der Waals surface area contributed by atoms with E-state index in [0.29, 0.717) is 43.3 Å². The van der Waals surface area contributed by atoms with Gasteiger partial charge in [-0.3, -0.25) is 9.59 Å². The maximum atomic E-state index is 12.8. The molecule has 2 amide bonds. The lowest BCUT2D eigenvalue weighted by Crippen LogP contribution is -2.48. The molecule has 2 heterocycles. The summed E-state index contributed by atoms with van der Waals surface area (Å²) in [7, 11) is 1.55. The molecule has 0 bridgehead atoms. The highest BCUT2D eigenvalue weighted by molar-refractivity contribution is 6.32. The fraction of sp³-hybridized carbons (Fsp3) is 0.259. The van der Waals surface area contributed by atoms with E-state index >= 15 is 0 Å². The van der Waals surface area contributed by atoms with Gasteiger partial charge >= 0.3 is 6.18 Å². The van der Waals surface area contributed by atoms with Crippen LogP contribution in [0.15, 0.2) is 60.8 Å². The zero-order valence-corrected chi connectivity index (χ0v) is 22.9. The second-order valence-corrected chi connectivity index (χ2v) is 9.44. The first kappa shape index (κ1) is 29.5. The SMILES string of the molecule is C=C(C(=O)Nc1cccc(Nc2nc(Nc3ccc(N4CCN(C(C)=O)CC4)cc3OC)ncc2Cl)c1)C(F)(F)F. The number of carbonyl (C=O) groups is 2. The predicted octanol–water partition coefficient (Wildman–Crippen LogP) is 5.35. The molecule has 2 aromatic carbocycles. The Morgan fingerprint density at radius 3 is 2.41 bits per heavy atom. The predicted molar refractivity (Wildman–Crippen MR) is 151 cm³/mol. The van der Waals surface area contributed by atoms with Gasteiger partial charge in [0.05, 0.1) is 19.0 Å². The van der Waals surface area contributed by atoms with Crippen LogP contribution in [-0.2, 0) is 9.59 Å². The second kappa shape index (κ2) is 12.3. The molecule has 1 aliphatic rings. The van der Waals surface area contributed by atoms with Gasteiger partial charge in [0.2, 0.25) is 11.9 Å². The number of hydrogen-bond acceptors (Lipinski definition) is 8. The lowest BCUT2D eigenvalue weighted by atomic mass is 10.2. The van der Waals surface area contributed by atoms with E-state index in [0.717, 1.165) is 5.69 Å². The highest BCUT2D eigenvalue weighted by atomic mass is 35.5. The third kappa shape index (κ3) is 7.37. The number of alkyl halides is 3. The minimum atomic E-state index is -4.84. The van der Waals surface area contributed by atoms with Crippen LogP contribution in [0.5, 0.6) is 5.75 Å². The Labute approximate surface area is 239 Å². The van der Waals surface area contributed by atoms with Crippen LogP contribution in [0, 0.1) is 0 Å². The second-order valence-electron chi connectivity index (χ2n) is 9.03. The number of aromatic nitrogens is 2. The number of methoxy groups -OCH3 is 1. The summed E-state index contributed by atoms with van der Waals surface area (Å²) in [6, 6.07) is 11.7. The van der Waals surface area contributed by atoms with E-state index in [1.165, 1.54) is 24.4 Å². The minimum absolute atomic E-state index is 0.0605. The first-order valence-electron chi connectivity index (χ1n) is 12.4. The van der Waals surface area contributed by atoms with Crippen molar-refractivity contribution in [3.8, 4) is 5.75 Å². The summed E-state index contributed by atoms with van der Waals surface area (Å²) in [6.07, 6.45) is -3.46. The molecule has 1 aromatic heterocycles. The molecule has 0 unspecified atom stereocenters. The standard InChI is InChI=1S/C27H27ClF3N7O3/c1-16(27(29,30)31)25(40)34-19-6-4-5-18(13-19)33-24-21(28)15-32-26(36-24)35-22-8-7-20(14-23(22)41-3)38-11-9-37(10-12-38)17(2)39/h4-8,13-15H,1,9-12H2,2-3H3,(H,34,40)(H2,32,33,35,36). The van der Waals surface area contributed by atoms with Crippen LogP contribution in [0.4, 0.5) is 47.7 Å². The normalized spacial score (nSPS) is 13.4. The van der Waals surface area contributed by atoms with Crippen LogP contribution in [-0.4, -0.2) is 66.1 Å². The summed E-state index contributed by atoms with van der Waals surface area (Å²) >= 11 is 6.28. The summed E-state index contributed by atoms with van der Waals surface area (Å²) < 4.78 is 43.9. The first-order valence-corrected chi connectivity index (χ1v) is 12.7. The first-order chi connectivity index (χ1) is 19.4. The van der Waals surface area contributed by atoms with E-state index in [4.69, 9.17) is 16.3 Å². The van der Waals surface area contributed by atoms with Gasteiger partial charge in [-0.05, 0) is 30.3 Å². The van der Waals surface area contributed by atoms with E-state index in [2.05, 4.69) is 37.4 Å². The van der Waals surface area contributed by atoms with Gasteiger partial charge in [0.1, 0.15) is 16.3 Å². The number of halogens is 4. The molecule has 0 radical (unpaired) electrons. The number of nitrogens with one attached hydrogen (secondary N) is 3. The van der Waals surface area contributed by atoms with Crippen LogP contribution in [0.2, 0.25) is 5.02 Å². The van der Waals surface area contributed by atoms with Crippen molar-refractivity contribution in [1.29, 1.82) is 0 Å². The monoisotopic (exact) mass is 589 g/mol. The molecule has 216 valence electrons. The van der Waals surface area contributed by atoms with Crippen molar-refractivity contribution < 1.29 is 27.5 Å². The van der Waals surface area contributed by atoms with Crippen molar-refractivity contribution in [1.82, 2.24) is 14.9 Å². The molecule has 10 nitrogen and oxygen atoms in total. The van der Waals surface area contributed by atoms with Crippen molar-refractivity contribution >= 4 is 57.9 Å². The maximum absolute atomic E-state index is 12.8. The summed E-state index contributed by atoms with van der Waals surface area (Å²) in [4.78, 5) is 36.1. The van der Waals surface area contributed by atoms with Crippen LogP contribution >= 0.6 is 11.6 Å². The van der Waals surface area contributed by atoms with Crippen LogP contribution in [0.1, 0.15) is 6.92 Å². The Morgan fingerprint density at radius 2 is 1.76 bits per heavy atom. The number of benzene rings is 2. The van der Waals surface area contributed by atoms with Crippen molar-refractivity contribution in [2.75, 3.05) is 54.1 Å². The van der Waals surface area contributed by atoms with Crippen LogP contribution in [0.25, 0.3) is 0 Å². The molecular weight excluding hydrogens is 563 g/mol. The number of rotatable bonds is 8. The molecule has 1 fully saturated rings. The van der Waals surface area contributed by atoms with Crippen LogP contribution in [0.3, 0.4) is 0 Å². The molecule has 0 saturated carbocycles.